The molecule has 0 aromatic heterocycles. The van der Waals surface area contributed by atoms with Gasteiger partial charge in [0.25, 0.3) is 0 Å². The number of carbonyl (C=O) groups excluding carboxylic acids is 1. The van der Waals surface area contributed by atoms with Crippen molar-refractivity contribution < 1.29 is 4.79 Å². The molecule has 1 aliphatic rings. The summed E-state index contributed by atoms with van der Waals surface area (Å²) in [6.45, 7) is 6.10. The minimum Gasteiger partial charge on any atom is -0.353 e. The highest BCUT2D eigenvalue weighted by molar-refractivity contribution is 5.85. The average molecular weight is 155 g/mol. The lowest BCUT2D eigenvalue weighted by Gasteiger charge is -2.14. The molecule has 1 rings (SSSR count). The minimum absolute atomic E-state index is 0.0320. The molecular formula is C9H17NO. The van der Waals surface area contributed by atoms with Gasteiger partial charge in [0.05, 0.1) is 0 Å². The molecule has 1 saturated carbocycles. The van der Waals surface area contributed by atoms with Crippen LogP contribution in [0.4, 0.5) is 0 Å². The number of hydrogen-bond donors (Lipinski definition) is 1. The highest BCUT2D eigenvalue weighted by Crippen LogP contribution is 2.48. The molecule has 2 nitrogen and oxygen atoms in total. The maximum absolute atomic E-state index is 11.5. The van der Waals surface area contributed by atoms with E-state index in [1.54, 1.807) is 0 Å². The van der Waals surface area contributed by atoms with Gasteiger partial charge in [-0.25, -0.2) is 0 Å². The molecule has 0 aromatic rings. The molecule has 1 aliphatic carbocycles. The quantitative estimate of drug-likeness (QED) is 0.660. The van der Waals surface area contributed by atoms with Crippen LogP contribution in [0.5, 0.6) is 0 Å². The van der Waals surface area contributed by atoms with Gasteiger partial charge in [-0.05, 0) is 33.1 Å². The molecule has 1 N–H and O–H groups in total. The van der Waals surface area contributed by atoms with Crippen LogP contribution >= 0.6 is 0 Å². The van der Waals surface area contributed by atoms with Crippen molar-refractivity contribution in [3.05, 3.63) is 0 Å². The summed E-state index contributed by atoms with van der Waals surface area (Å²) in [5, 5.41) is 2.96. The van der Waals surface area contributed by atoms with E-state index < -0.39 is 0 Å². The molecule has 0 bridgehead atoms. The van der Waals surface area contributed by atoms with Crippen LogP contribution in [0.25, 0.3) is 0 Å². The normalized spacial score (nSPS) is 20.0. The summed E-state index contributed by atoms with van der Waals surface area (Å²) >= 11 is 0. The molecule has 2 heteroatoms. The summed E-state index contributed by atoms with van der Waals surface area (Å²) < 4.78 is 0. The number of amides is 1. The lowest BCUT2D eigenvalue weighted by Crippen LogP contribution is -2.36. The topological polar surface area (TPSA) is 29.1 Å². The predicted molar refractivity (Wildman–Crippen MR) is 45.2 cm³/mol. The Morgan fingerprint density at radius 3 is 2.36 bits per heavy atom. The molecule has 0 aromatic carbocycles. The van der Waals surface area contributed by atoms with Crippen LogP contribution in [0.1, 0.15) is 40.0 Å². The van der Waals surface area contributed by atoms with E-state index in [9.17, 15) is 4.79 Å². The van der Waals surface area contributed by atoms with E-state index in [2.05, 4.69) is 12.2 Å². The monoisotopic (exact) mass is 155 g/mol. The van der Waals surface area contributed by atoms with E-state index in [0.29, 0.717) is 0 Å². The maximum atomic E-state index is 11.5. The predicted octanol–water partition coefficient (Wildman–Crippen LogP) is 1.70. The third-order valence-electron chi connectivity index (χ3n) is 2.43. The van der Waals surface area contributed by atoms with Gasteiger partial charge in [0.2, 0.25) is 5.91 Å². The number of hydrogen-bond acceptors (Lipinski definition) is 1. The molecule has 0 heterocycles. The van der Waals surface area contributed by atoms with Gasteiger partial charge in [0, 0.05) is 11.5 Å². The second kappa shape index (κ2) is 2.84. The summed E-state index contributed by atoms with van der Waals surface area (Å²) in [4.78, 5) is 11.5. The molecule has 0 spiro atoms. The van der Waals surface area contributed by atoms with Gasteiger partial charge in [0.1, 0.15) is 0 Å². The molecule has 0 saturated heterocycles. The van der Waals surface area contributed by atoms with Crippen molar-refractivity contribution >= 4 is 5.91 Å². The summed E-state index contributed by atoms with van der Waals surface area (Å²) in [6, 6.07) is 0.284. The Morgan fingerprint density at radius 2 is 2.09 bits per heavy atom. The van der Waals surface area contributed by atoms with E-state index >= 15 is 0 Å². The van der Waals surface area contributed by atoms with Crippen LogP contribution in [-0.2, 0) is 4.79 Å². The van der Waals surface area contributed by atoms with Crippen molar-refractivity contribution in [3.63, 3.8) is 0 Å². The highest BCUT2D eigenvalue weighted by Gasteiger charge is 2.47. The van der Waals surface area contributed by atoms with Crippen LogP contribution in [0.15, 0.2) is 0 Å². The van der Waals surface area contributed by atoms with E-state index in [1.165, 1.54) is 0 Å². The fourth-order valence-corrected chi connectivity index (χ4v) is 1.31. The summed E-state index contributed by atoms with van der Waals surface area (Å²) in [7, 11) is 0. The van der Waals surface area contributed by atoms with E-state index in [-0.39, 0.29) is 17.4 Å². The molecule has 0 unspecified atom stereocenters. The Hall–Kier alpha value is -0.530. The minimum atomic E-state index is 0.0320. The Balaban J connectivity index is 2.41. The van der Waals surface area contributed by atoms with E-state index in [1.807, 2.05) is 13.8 Å². The van der Waals surface area contributed by atoms with Crippen molar-refractivity contribution in [1.29, 1.82) is 0 Å². The average Bonchev–Trinajstić information content (AvgIpc) is 2.65. The molecule has 0 atom stereocenters. The van der Waals surface area contributed by atoms with Gasteiger partial charge >= 0.3 is 0 Å². The first-order valence-electron chi connectivity index (χ1n) is 4.42. The lowest BCUT2D eigenvalue weighted by atomic mass is 10.0. The molecular weight excluding hydrogens is 138 g/mol. The van der Waals surface area contributed by atoms with Gasteiger partial charge in [-0.2, -0.15) is 0 Å². The fourth-order valence-electron chi connectivity index (χ4n) is 1.31. The Bertz CT molecular complexity index is 159. The highest BCUT2D eigenvalue weighted by atomic mass is 16.2. The zero-order valence-corrected chi connectivity index (χ0v) is 7.61. The van der Waals surface area contributed by atoms with Crippen LogP contribution in [-0.4, -0.2) is 11.9 Å². The lowest BCUT2D eigenvalue weighted by molar-refractivity contribution is -0.126. The van der Waals surface area contributed by atoms with Crippen molar-refractivity contribution in [2.24, 2.45) is 5.41 Å². The third-order valence-corrected chi connectivity index (χ3v) is 2.43. The fraction of sp³-hybridized carbons (Fsp3) is 0.889. The molecule has 0 aliphatic heterocycles. The van der Waals surface area contributed by atoms with Gasteiger partial charge in [0.15, 0.2) is 0 Å². The Morgan fingerprint density at radius 1 is 1.55 bits per heavy atom. The van der Waals surface area contributed by atoms with Crippen LogP contribution in [0.2, 0.25) is 0 Å². The first-order chi connectivity index (χ1) is 5.10. The number of nitrogens with one attached hydrogen (secondary N) is 1. The van der Waals surface area contributed by atoms with Crippen molar-refractivity contribution in [2.75, 3.05) is 0 Å². The second-order valence-electron chi connectivity index (χ2n) is 3.76. The number of carbonyl (C=O) groups is 1. The summed E-state index contributed by atoms with van der Waals surface area (Å²) in [5.41, 5.74) is 0.0320. The van der Waals surface area contributed by atoms with E-state index in [0.717, 1.165) is 19.3 Å². The SMILES string of the molecule is CCC1(C(=O)NC(C)C)CC1. The summed E-state index contributed by atoms with van der Waals surface area (Å²) in [6.07, 6.45) is 3.16. The Kier molecular flexibility index (Phi) is 2.21. The van der Waals surface area contributed by atoms with Crippen molar-refractivity contribution in [2.45, 2.75) is 46.1 Å². The smallest absolute Gasteiger partial charge is 0.226 e. The first-order valence-corrected chi connectivity index (χ1v) is 4.42. The Labute approximate surface area is 68.4 Å². The summed E-state index contributed by atoms with van der Waals surface area (Å²) in [5.74, 6) is 0.259. The van der Waals surface area contributed by atoms with Gasteiger partial charge in [-0.15, -0.1) is 0 Å². The zero-order chi connectivity index (χ0) is 8.48. The van der Waals surface area contributed by atoms with Crippen LogP contribution in [0, 0.1) is 5.41 Å². The molecule has 64 valence electrons. The van der Waals surface area contributed by atoms with Gasteiger partial charge in [-0.3, -0.25) is 4.79 Å². The molecule has 1 amide bonds. The van der Waals surface area contributed by atoms with Gasteiger partial charge < -0.3 is 5.32 Å². The molecule has 1 fully saturated rings. The number of rotatable bonds is 3. The van der Waals surface area contributed by atoms with Crippen LogP contribution in [0.3, 0.4) is 0 Å². The van der Waals surface area contributed by atoms with Gasteiger partial charge in [-0.1, -0.05) is 6.92 Å². The second-order valence-corrected chi connectivity index (χ2v) is 3.76. The first kappa shape index (κ1) is 8.57. The van der Waals surface area contributed by atoms with Crippen molar-refractivity contribution in [3.8, 4) is 0 Å². The zero-order valence-electron chi connectivity index (χ0n) is 7.61. The molecule has 0 radical (unpaired) electrons. The van der Waals surface area contributed by atoms with Crippen molar-refractivity contribution in [1.82, 2.24) is 5.32 Å². The van der Waals surface area contributed by atoms with Crippen LogP contribution < -0.4 is 5.32 Å². The molecule has 11 heavy (non-hydrogen) atoms. The standard InChI is InChI=1S/C9H17NO/c1-4-9(5-6-9)8(11)10-7(2)3/h7H,4-6H2,1-3H3,(H,10,11). The third kappa shape index (κ3) is 1.73. The van der Waals surface area contributed by atoms with E-state index in [4.69, 9.17) is 0 Å². The largest absolute Gasteiger partial charge is 0.353 e. The maximum Gasteiger partial charge on any atom is 0.226 e.